The average molecular weight is 694 g/mol. The third-order valence-corrected chi connectivity index (χ3v) is 8.38. The van der Waals surface area contributed by atoms with Crippen LogP contribution in [0, 0.1) is 19.9 Å². The SMILES string of the molecule is Cc1cccc(C)c1-n1ccnc1-c1[c-]ccc(-c2ccc(C3(C)c4ccccc4-c4ccccc43)cc2)c1.[Ir]. The van der Waals surface area contributed by atoms with E-state index in [2.05, 4.69) is 135 Å². The van der Waals surface area contributed by atoms with Gasteiger partial charge in [0.2, 0.25) is 0 Å². The molecule has 0 atom stereocenters. The average Bonchev–Trinajstić information content (AvgIpc) is 3.56. The molecular weight excluding hydrogens is 665 g/mol. The van der Waals surface area contributed by atoms with Crippen molar-refractivity contribution in [2.24, 2.45) is 0 Å². The van der Waals surface area contributed by atoms with E-state index in [1.807, 2.05) is 18.5 Å². The van der Waals surface area contributed by atoms with E-state index in [4.69, 9.17) is 4.98 Å². The predicted octanol–water partition coefficient (Wildman–Crippen LogP) is 8.96. The summed E-state index contributed by atoms with van der Waals surface area (Å²) in [5, 5.41) is 0. The minimum absolute atomic E-state index is 0. The number of fused-ring (bicyclic) bond motifs is 3. The second-order valence-electron chi connectivity index (χ2n) is 10.6. The monoisotopic (exact) mass is 694 g/mol. The number of aryl methyl sites for hydroxylation is 2. The van der Waals surface area contributed by atoms with Crippen LogP contribution >= 0.6 is 0 Å². The first kappa shape index (κ1) is 26.2. The van der Waals surface area contributed by atoms with Crippen LogP contribution in [0.2, 0.25) is 0 Å². The second kappa shape index (κ2) is 10.2. The van der Waals surface area contributed by atoms with Crippen LogP contribution in [0.3, 0.4) is 0 Å². The maximum Gasteiger partial charge on any atom is 0.0603 e. The fourth-order valence-electron chi connectivity index (χ4n) is 6.40. The van der Waals surface area contributed by atoms with Crippen LogP contribution in [-0.4, -0.2) is 9.55 Å². The maximum atomic E-state index is 4.73. The molecular formula is C37H29IrN2-. The largest absolute Gasteiger partial charge is 0.340 e. The van der Waals surface area contributed by atoms with Gasteiger partial charge >= 0.3 is 0 Å². The van der Waals surface area contributed by atoms with Gasteiger partial charge in [0.05, 0.1) is 5.82 Å². The fourth-order valence-corrected chi connectivity index (χ4v) is 6.40. The first-order chi connectivity index (χ1) is 19.1. The first-order valence-corrected chi connectivity index (χ1v) is 13.5. The Balaban J connectivity index is 0.00000289. The van der Waals surface area contributed by atoms with Crippen LogP contribution < -0.4 is 0 Å². The van der Waals surface area contributed by atoms with Gasteiger partial charge in [-0.25, -0.2) is 0 Å². The summed E-state index contributed by atoms with van der Waals surface area (Å²) in [4.78, 5) is 4.73. The third kappa shape index (κ3) is 4.01. The molecule has 0 N–H and O–H groups in total. The van der Waals surface area contributed by atoms with Crippen molar-refractivity contribution < 1.29 is 20.1 Å². The number of para-hydroxylation sites is 1. The second-order valence-corrected chi connectivity index (χ2v) is 10.6. The molecule has 1 aliphatic rings. The first-order valence-electron chi connectivity index (χ1n) is 13.5. The van der Waals surface area contributed by atoms with Crippen molar-refractivity contribution in [2.75, 3.05) is 0 Å². The fraction of sp³-hybridized carbons (Fsp3) is 0.108. The minimum atomic E-state index is -0.183. The van der Waals surface area contributed by atoms with Crippen molar-refractivity contribution in [3.05, 3.63) is 155 Å². The summed E-state index contributed by atoms with van der Waals surface area (Å²) in [6.07, 6.45) is 3.91. The van der Waals surface area contributed by atoms with Gasteiger partial charge in [0.15, 0.2) is 0 Å². The van der Waals surface area contributed by atoms with Gasteiger partial charge in [-0.15, -0.1) is 35.4 Å². The van der Waals surface area contributed by atoms with Crippen molar-refractivity contribution in [3.63, 3.8) is 0 Å². The molecule has 0 bridgehead atoms. The molecule has 0 fully saturated rings. The Morgan fingerprint density at radius 1 is 0.700 bits per heavy atom. The van der Waals surface area contributed by atoms with Crippen molar-refractivity contribution in [1.82, 2.24) is 9.55 Å². The normalized spacial score (nSPS) is 12.9. The number of hydrogen-bond donors (Lipinski definition) is 0. The van der Waals surface area contributed by atoms with E-state index in [0.717, 1.165) is 17.0 Å². The van der Waals surface area contributed by atoms with E-state index in [1.54, 1.807) is 0 Å². The topological polar surface area (TPSA) is 17.8 Å². The maximum absolute atomic E-state index is 4.73. The van der Waals surface area contributed by atoms with Gasteiger partial charge in [0.1, 0.15) is 0 Å². The molecule has 1 aliphatic carbocycles. The molecule has 2 nitrogen and oxygen atoms in total. The van der Waals surface area contributed by atoms with Gasteiger partial charge in [-0.05, 0) is 65.3 Å². The number of aromatic nitrogens is 2. The van der Waals surface area contributed by atoms with E-state index in [9.17, 15) is 0 Å². The zero-order valence-corrected chi connectivity index (χ0v) is 25.2. The van der Waals surface area contributed by atoms with Gasteiger partial charge in [-0.1, -0.05) is 91.0 Å². The molecule has 0 amide bonds. The van der Waals surface area contributed by atoms with E-state index in [-0.39, 0.29) is 25.5 Å². The number of benzene rings is 5. The van der Waals surface area contributed by atoms with Crippen LogP contribution in [0.1, 0.15) is 34.7 Å². The number of hydrogen-bond acceptors (Lipinski definition) is 1. The van der Waals surface area contributed by atoms with E-state index in [0.29, 0.717) is 0 Å². The summed E-state index contributed by atoms with van der Waals surface area (Å²) < 4.78 is 2.18. The molecule has 1 radical (unpaired) electrons. The summed E-state index contributed by atoms with van der Waals surface area (Å²) >= 11 is 0. The third-order valence-electron chi connectivity index (χ3n) is 8.38. The summed E-state index contributed by atoms with van der Waals surface area (Å²) in [7, 11) is 0. The Kier molecular flexibility index (Phi) is 6.66. The van der Waals surface area contributed by atoms with Crippen molar-refractivity contribution in [2.45, 2.75) is 26.2 Å². The summed E-state index contributed by atoms with van der Waals surface area (Å²) in [5.74, 6) is 0.901. The molecule has 7 rings (SSSR count). The van der Waals surface area contributed by atoms with Crippen LogP contribution in [0.4, 0.5) is 0 Å². The number of nitrogens with zero attached hydrogens (tertiary/aromatic N) is 2. The molecule has 3 heteroatoms. The molecule has 0 saturated heterocycles. The van der Waals surface area contributed by atoms with Gasteiger partial charge in [-0.2, -0.15) is 0 Å². The zero-order chi connectivity index (χ0) is 26.6. The van der Waals surface area contributed by atoms with Crippen molar-refractivity contribution >= 4 is 0 Å². The summed E-state index contributed by atoms with van der Waals surface area (Å²) in [6.45, 7) is 6.65. The Hall–Kier alpha value is -4.04. The minimum Gasteiger partial charge on any atom is -0.340 e. The predicted molar refractivity (Wildman–Crippen MR) is 160 cm³/mol. The Morgan fingerprint density at radius 2 is 1.32 bits per heavy atom. The Morgan fingerprint density at radius 3 is 1.98 bits per heavy atom. The van der Waals surface area contributed by atoms with Gasteiger partial charge in [0, 0.05) is 43.6 Å². The molecule has 0 spiro atoms. The molecule has 0 aliphatic heterocycles. The van der Waals surface area contributed by atoms with E-state index < -0.39 is 0 Å². The molecule has 197 valence electrons. The van der Waals surface area contributed by atoms with E-state index in [1.165, 1.54) is 50.2 Å². The standard InChI is InChI=1S/C37H29N2.Ir/c1-25-10-8-11-26(2)35(25)39-23-22-38-36(39)29-13-9-12-28(24-29)27-18-20-30(21-19-27)37(3)33-16-6-4-14-31(33)32-15-5-7-17-34(32)37;/h4-12,14-24H,1-3H3;/q-1;. The number of rotatable bonds is 4. The summed E-state index contributed by atoms with van der Waals surface area (Å²) in [6, 6.07) is 42.9. The molecule has 1 heterocycles. The van der Waals surface area contributed by atoms with Crippen molar-refractivity contribution in [1.29, 1.82) is 0 Å². The molecule has 5 aromatic carbocycles. The van der Waals surface area contributed by atoms with Crippen LogP contribution in [-0.2, 0) is 25.5 Å². The van der Waals surface area contributed by atoms with E-state index >= 15 is 0 Å². The number of imidazole rings is 1. The van der Waals surface area contributed by atoms with Crippen LogP contribution in [0.5, 0.6) is 0 Å². The molecule has 0 unspecified atom stereocenters. The Labute approximate surface area is 249 Å². The van der Waals surface area contributed by atoms with Gasteiger partial charge in [0.25, 0.3) is 0 Å². The summed E-state index contributed by atoms with van der Waals surface area (Å²) in [5.41, 5.74) is 13.5. The molecule has 6 aromatic rings. The molecule has 1 aromatic heterocycles. The quantitative estimate of drug-likeness (QED) is 0.169. The van der Waals surface area contributed by atoms with Gasteiger partial charge in [-0.3, -0.25) is 4.98 Å². The van der Waals surface area contributed by atoms with Gasteiger partial charge < -0.3 is 4.57 Å². The van der Waals surface area contributed by atoms with Crippen LogP contribution in [0.25, 0.3) is 39.3 Å². The van der Waals surface area contributed by atoms with Crippen LogP contribution in [0.15, 0.2) is 122 Å². The zero-order valence-electron chi connectivity index (χ0n) is 22.8. The molecule has 40 heavy (non-hydrogen) atoms. The Bertz CT molecular complexity index is 1780. The smallest absolute Gasteiger partial charge is 0.0603 e. The van der Waals surface area contributed by atoms with Crippen molar-refractivity contribution in [3.8, 4) is 39.3 Å². The molecule has 0 saturated carbocycles.